The Morgan fingerprint density at radius 2 is 1.83 bits per heavy atom. The maximum atomic E-state index is 5.51. The summed E-state index contributed by atoms with van der Waals surface area (Å²) in [5.41, 5.74) is 1.35. The molecular formula is C15H25NOS. The van der Waals surface area contributed by atoms with Crippen LogP contribution in [-0.2, 0) is 11.3 Å². The number of benzene rings is 1. The van der Waals surface area contributed by atoms with E-state index in [0.29, 0.717) is 0 Å². The molecule has 3 heteroatoms. The molecule has 0 unspecified atom stereocenters. The van der Waals surface area contributed by atoms with Gasteiger partial charge < -0.3 is 10.1 Å². The van der Waals surface area contributed by atoms with Gasteiger partial charge in [0, 0.05) is 24.7 Å². The van der Waals surface area contributed by atoms with Crippen molar-refractivity contribution >= 4 is 11.8 Å². The number of rotatable bonds is 10. The quantitative estimate of drug-likeness (QED) is 0.516. The van der Waals surface area contributed by atoms with Gasteiger partial charge in [0.15, 0.2) is 0 Å². The molecule has 0 atom stereocenters. The molecule has 18 heavy (non-hydrogen) atoms. The van der Waals surface area contributed by atoms with Crippen molar-refractivity contribution in [3.05, 3.63) is 29.8 Å². The van der Waals surface area contributed by atoms with Gasteiger partial charge in [0.1, 0.15) is 0 Å². The first kappa shape index (κ1) is 15.5. The smallest absolute Gasteiger partial charge is 0.0478 e. The Labute approximate surface area is 116 Å². The number of ether oxygens (including phenoxy) is 1. The van der Waals surface area contributed by atoms with Gasteiger partial charge in [-0.1, -0.05) is 25.5 Å². The topological polar surface area (TPSA) is 21.3 Å². The molecule has 0 heterocycles. The molecule has 0 saturated heterocycles. The molecule has 0 aromatic heterocycles. The van der Waals surface area contributed by atoms with Gasteiger partial charge in [-0.3, -0.25) is 0 Å². The Balaban J connectivity index is 2.00. The van der Waals surface area contributed by atoms with Crippen LogP contribution in [0, 0.1) is 0 Å². The summed E-state index contributed by atoms with van der Waals surface area (Å²) in [5.74, 6) is 0. The van der Waals surface area contributed by atoms with Crippen LogP contribution in [0.25, 0.3) is 0 Å². The summed E-state index contributed by atoms with van der Waals surface area (Å²) in [7, 11) is 0. The fourth-order valence-electron chi connectivity index (χ4n) is 1.62. The molecule has 0 amide bonds. The van der Waals surface area contributed by atoms with Gasteiger partial charge in [-0.25, -0.2) is 0 Å². The molecule has 0 bridgehead atoms. The molecule has 1 N–H and O–H groups in total. The third kappa shape index (κ3) is 7.04. The van der Waals surface area contributed by atoms with Crippen molar-refractivity contribution in [2.24, 2.45) is 0 Å². The number of thioether (sulfide) groups is 1. The monoisotopic (exact) mass is 267 g/mol. The van der Waals surface area contributed by atoms with E-state index in [0.717, 1.165) is 32.7 Å². The third-order valence-electron chi connectivity index (χ3n) is 2.77. The van der Waals surface area contributed by atoms with Crippen LogP contribution in [0.4, 0.5) is 0 Å². The lowest BCUT2D eigenvalue weighted by molar-refractivity contribution is 0.129. The molecule has 1 aromatic carbocycles. The van der Waals surface area contributed by atoms with E-state index in [4.69, 9.17) is 4.74 Å². The molecule has 1 aromatic rings. The first-order valence-corrected chi connectivity index (χ1v) is 8.00. The van der Waals surface area contributed by atoms with Crippen molar-refractivity contribution < 1.29 is 4.74 Å². The molecule has 0 aliphatic carbocycles. The van der Waals surface area contributed by atoms with Crippen molar-refractivity contribution in [3.63, 3.8) is 0 Å². The van der Waals surface area contributed by atoms with Crippen LogP contribution in [0.1, 0.15) is 31.7 Å². The van der Waals surface area contributed by atoms with Crippen molar-refractivity contribution in [1.82, 2.24) is 5.32 Å². The highest BCUT2D eigenvalue weighted by Gasteiger charge is 1.94. The van der Waals surface area contributed by atoms with Crippen LogP contribution < -0.4 is 5.32 Å². The molecule has 0 spiro atoms. The van der Waals surface area contributed by atoms with Crippen molar-refractivity contribution in [2.45, 2.75) is 37.6 Å². The fourth-order valence-corrected chi connectivity index (χ4v) is 2.03. The maximum Gasteiger partial charge on any atom is 0.0478 e. The summed E-state index contributed by atoms with van der Waals surface area (Å²) in [6.07, 6.45) is 5.58. The highest BCUT2D eigenvalue weighted by atomic mass is 32.2. The van der Waals surface area contributed by atoms with Crippen molar-refractivity contribution in [2.75, 3.05) is 26.0 Å². The van der Waals surface area contributed by atoms with Crippen LogP contribution in [0.15, 0.2) is 29.2 Å². The molecule has 0 aliphatic rings. The van der Waals surface area contributed by atoms with E-state index >= 15 is 0 Å². The van der Waals surface area contributed by atoms with Crippen LogP contribution in [0.3, 0.4) is 0 Å². The SMILES string of the molecule is CCCCOCCCNCc1ccc(SC)cc1. The minimum atomic E-state index is 0.873. The molecule has 0 fully saturated rings. The number of hydrogen-bond donors (Lipinski definition) is 1. The largest absolute Gasteiger partial charge is 0.381 e. The Bertz CT molecular complexity index is 300. The van der Waals surface area contributed by atoms with E-state index in [1.54, 1.807) is 11.8 Å². The normalized spacial score (nSPS) is 10.8. The second kappa shape index (κ2) is 10.4. The summed E-state index contributed by atoms with van der Waals surface area (Å²) < 4.78 is 5.51. The molecule has 0 aliphatic heterocycles. The molecule has 0 saturated carbocycles. The second-order valence-electron chi connectivity index (χ2n) is 4.34. The molecule has 102 valence electrons. The molecule has 1 rings (SSSR count). The van der Waals surface area contributed by atoms with E-state index in [1.807, 2.05) is 0 Å². The first-order chi connectivity index (χ1) is 8.86. The van der Waals surface area contributed by atoms with Gasteiger partial charge in [-0.15, -0.1) is 11.8 Å². The van der Waals surface area contributed by atoms with Crippen molar-refractivity contribution in [1.29, 1.82) is 0 Å². The summed E-state index contributed by atoms with van der Waals surface area (Å²) in [6.45, 7) is 5.94. The summed E-state index contributed by atoms with van der Waals surface area (Å²) in [6, 6.07) is 8.73. The van der Waals surface area contributed by atoms with Gasteiger partial charge in [-0.05, 0) is 43.3 Å². The predicted molar refractivity (Wildman–Crippen MR) is 80.3 cm³/mol. The summed E-state index contributed by atoms with van der Waals surface area (Å²) in [5, 5.41) is 3.44. The van der Waals surface area contributed by atoms with Gasteiger partial charge in [0.05, 0.1) is 0 Å². The van der Waals surface area contributed by atoms with Gasteiger partial charge >= 0.3 is 0 Å². The van der Waals surface area contributed by atoms with E-state index in [2.05, 4.69) is 42.8 Å². The Hall–Kier alpha value is -0.510. The van der Waals surface area contributed by atoms with Crippen LogP contribution in [0.2, 0.25) is 0 Å². The highest BCUT2D eigenvalue weighted by molar-refractivity contribution is 7.98. The predicted octanol–water partition coefficient (Wildman–Crippen LogP) is 3.70. The van der Waals surface area contributed by atoms with E-state index in [9.17, 15) is 0 Å². The number of nitrogens with one attached hydrogen (secondary N) is 1. The minimum Gasteiger partial charge on any atom is -0.381 e. The number of unbranched alkanes of at least 4 members (excludes halogenated alkanes) is 1. The second-order valence-corrected chi connectivity index (χ2v) is 5.22. The lowest BCUT2D eigenvalue weighted by atomic mass is 10.2. The van der Waals surface area contributed by atoms with Gasteiger partial charge in [-0.2, -0.15) is 0 Å². The maximum absolute atomic E-state index is 5.51. The molecular weight excluding hydrogens is 242 g/mol. The van der Waals surface area contributed by atoms with E-state index < -0.39 is 0 Å². The Kier molecular flexibility index (Phi) is 9.00. The lowest BCUT2D eigenvalue weighted by Gasteiger charge is -2.06. The number of hydrogen-bond acceptors (Lipinski definition) is 3. The summed E-state index contributed by atoms with van der Waals surface area (Å²) >= 11 is 1.78. The van der Waals surface area contributed by atoms with Gasteiger partial charge in [0.25, 0.3) is 0 Å². The van der Waals surface area contributed by atoms with Gasteiger partial charge in [0.2, 0.25) is 0 Å². The summed E-state index contributed by atoms with van der Waals surface area (Å²) in [4.78, 5) is 1.32. The Morgan fingerprint density at radius 1 is 1.11 bits per heavy atom. The standard InChI is InChI=1S/C15H25NOS/c1-3-4-11-17-12-5-10-16-13-14-6-8-15(18-2)9-7-14/h6-9,16H,3-5,10-13H2,1-2H3. The van der Waals surface area contributed by atoms with Crippen LogP contribution in [-0.4, -0.2) is 26.0 Å². The van der Waals surface area contributed by atoms with Crippen molar-refractivity contribution in [3.8, 4) is 0 Å². The average Bonchev–Trinajstić information content (AvgIpc) is 2.42. The fraction of sp³-hybridized carbons (Fsp3) is 0.600. The molecule has 0 radical (unpaired) electrons. The van der Waals surface area contributed by atoms with E-state index in [1.165, 1.54) is 23.3 Å². The zero-order chi connectivity index (χ0) is 13.1. The minimum absolute atomic E-state index is 0.873. The Morgan fingerprint density at radius 3 is 2.50 bits per heavy atom. The van der Waals surface area contributed by atoms with Crippen LogP contribution >= 0.6 is 11.8 Å². The lowest BCUT2D eigenvalue weighted by Crippen LogP contribution is -2.16. The average molecular weight is 267 g/mol. The third-order valence-corrected chi connectivity index (χ3v) is 3.52. The first-order valence-electron chi connectivity index (χ1n) is 6.78. The zero-order valence-corrected chi connectivity index (χ0v) is 12.4. The molecule has 2 nitrogen and oxygen atoms in total. The van der Waals surface area contributed by atoms with Crippen LogP contribution in [0.5, 0.6) is 0 Å². The van der Waals surface area contributed by atoms with E-state index in [-0.39, 0.29) is 0 Å². The highest BCUT2D eigenvalue weighted by Crippen LogP contribution is 2.14. The zero-order valence-electron chi connectivity index (χ0n) is 11.6.